The second kappa shape index (κ2) is 6.16. The van der Waals surface area contributed by atoms with Crippen LogP contribution in [0.25, 0.3) is 0 Å². The van der Waals surface area contributed by atoms with Crippen LogP contribution in [0, 0.1) is 0 Å². The number of halogens is 1. The van der Waals surface area contributed by atoms with E-state index in [4.69, 9.17) is 0 Å². The third-order valence-electron chi connectivity index (χ3n) is 2.94. The lowest BCUT2D eigenvalue weighted by Gasteiger charge is -2.20. The number of nitrogens with one attached hydrogen (secondary N) is 1. The molecule has 96 valence electrons. The van der Waals surface area contributed by atoms with E-state index in [0.29, 0.717) is 0 Å². The van der Waals surface area contributed by atoms with Gasteiger partial charge in [-0.2, -0.15) is 5.10 Å². The lowest BCUT2D eigenvalue weighted by molar-refractivity contribution is 0.552. The Labute approximate surface area is 116 Å². The number of aromatic nitrogens is 2. The third-order valence-corrected chi connectivity index (χ3v) is 3.55. The minimum atomic E-state index is 0.174. The van der Waals surface area contributed by atoms with Crippen molar-refractivity contribution in [2.75, 3.05) is 6.54 Å². The highest BCUT2D eigenvalue weighted by Crippen LogP contribution is 2.27. The van der Waals surface area contributed by atoms with Crippen molar-refractivity contribution in [1.82, 2.24) is 15.1 Å². The van der Waals surface area contributed by atoms with Gasteiger partial charge in [0.25, 0.3) is 0 Å². The van der Waals surface area contributed by atoms with E-state index in [-0.39, 0.29) is 6.04 Å². The SMILES string of the molecule is CCCNC(c1ccccc1)c1c(Br)cnn1C. The van der Waals surface area contributed by atoms with Gasteiger partial charge in [-0.1, -0.05) is 37.3 Å². The molecule has 0 aliphatic carbocycles. The van der Waals surface area contributed by atoms with Crippen LogP contribution in [-0.4, -0.2) is 16.3 Å². The van der Waals surface area contributed by atoms with Crippen LogP contribution in [0.2, 0.25) is 0 Å². The maximum absolute atomic E-state index is 4.30. The zero-order valence-electron chi connectivity index (χ0n) is 10.7. The van der Waals surface area contributed by atoms with E-state index >= 15 is 0 Å². The first-order valence-corrected chi connectivity index (χ1v) is 6.99. The maximum atomic E-state index is 4.30. The van der Waals surface area contributed by atoms with Gasteiger partial charge in [0.05, 0.1) is 22.4 Å². The molecular formula is C14H18BrN3. The third kappa shape index (κ3) is 2.82. The first-order chi connectivity index (χ1) is 8.74. The lowest BCUT2D eigenvalue weighted by atomic mass is 10.0. The molecule has 1 N–H and O–H groups in total. The molecule has 2 aromatic rings. The van der Waals surface area contributed by atoms with Crippen molar-refractivity contribution in [3.8, 4) is 0 Å². The average molecular weight is 308 g/mol. The van der Waals surface area contributed by atoms with Crippen molar-refractivity contribution < 1.29 is 0 Å². The van der Waals surface area contributed by atoms with Crippen LogP contribution in [0.1, 0.15) is 30.6 Å². The van der Waals surface area contributed by atoms with Crippen molar-refractivity contribution in [2.45, 2.75) is 19.4 Å². The largest absolute Gasteiger partial charge is 0.305 e. The molecule has 0 spiro atoms. The molecule has 1 aromatic carbocycles. The zero-order valence-corrected chi connectivity index (χ0v) is 12.3. The number of aryl methyl sites for hydroxylation is 1. The van der Waals surface area contributed by atoms with E-state index in [9.17, 15) is 0 Å². The molecule has 3 nitrogen and oxygen atoms in total. The Hall–Kier alpha value is -1.13. The van der Waals surface area contributed by atoms with Crippen LogP contribution < -0.4 is 5.32 Å². The highest BCUT2D eigenvalue weighted by molar-refractivity contribution is 9.10. The van der Waals surface area contributed by atoms with Crippen molar-refractivity contribution in [3.63, 3.8) is 0 Å². The average Bonchev–Trinajstić information content (AvgIpc) is 2.72. The summed E-state index contributed by atoms with van der Waals surface area (Å²) in [4.78, 5) is 0. The molecule has 0 fully saturated rings. The van der Waals surface area contributed by atoms with Gasteiger partial charge in [-0.15, -0.1) is 0 Å². The molecule has 0 saturated heterocycles. The number of nitrogens with zero attached hydrogens (tertiary/aromatic N) is 2. The van der Waals surface area contributed by atoms with Crippen LogP contribution in [-0.2, 0) is 7.05 Å². The molecule has 1 heterocycles. The fourth-order valence-electron chi connectivity index (χ4n) is 2.05. The van der Waals surface area contributed by atoms with Crippen molar-refractivity contribution in [1.29, 1.82) is 0 Å². The van der Waals surface area contributed by atoms with Crippen LogP contribution in [0.3, 0.4) is 0 Å². The fourth-order valence-corrected chi connectivity index (χ4v) is 2.63. The molecule has 0 radical (unpaired) electrons. The van der Waals surface area contributed by atoms with E-state index in [1.807, 2.05) is 24.0 Å². The molecule has 1 atom stereocenters. The van der Waals surface area contributed by atoms with Crippen molar-refractivity contribution in [2.24, 2.45) is 7.05 Å². The summed E-state index contributed by atoms with van der Waals surface area (Å²) in [5.74, 6) is 0. The van der Waals surface area contributed by atoms with Crippen molar-refractivity contribution >= 4 is 15.9 Å². The predicted molar refractivity (Wildman–Crippen MR) is 77.5 cm³/mol. The molecule has 0 bridgehead atoms. The quantitative estimate of drug-likeness (QED) is 0.919. The van der Waals surface area contributed by atoms with Gasteiger partial charge in [0, 0.05) is 7.05 Å². The van der Waals surface area contributed by atoms with Crippen LogP contribution in [0.15, 0.2) is 41.0 Å². The summed E-state index contributed by atoms with van der Waals surface area (Å²) >= 11 is 3.58. The summed E-state index contributed by atoms with van der Waals surface area (Å²) in [6, 6.07) is 10.6. The minimum absolute atomic E-state index is 0.174. The summed E-state index contributed by atoms with van der Waals surface area (Å²) in [7, 11) is 1.98. The normalized spacial score (nSPS) is 12.6. The molecule has 18 heavy (non-hydrogen) atoms. The summed E-state index contributed by atoms with van der Waals surface area (Å²) < 4.78 is 2.96. The van der Waals surface area contributed by atoms with Gasteiger partial charge >= 0.3 is 0 Å². The van der Waals surface area contributed by atoms with Crippen LogP contribution in [0.5, 0.6) is 0 Å². The monoisotopic (exact) mass is 307 g/mol. The molecule has 1 aromatic heterocycles. The van der Waals surface area contributed by atoms with Crippen LogP contribution >= 0.6 is 15.9 Å². The van der Waals surface area contributed by atoms with E-state index in [1.54, 1.807) is 0 Å². The summed E-state index contributed by atoms with van der Waals surface area (Å²) in [5, 5.41) is 7.88. The first-order valence-electron chi connectivity index (χ1n) is 6.19. The topological polar surface area (TPSA) is 29.9 Å². The minimum Gasteiger partial charge on any atom is -0.305 e. The summed E-state index contributed by atoms with van der Waals surface area (Å²) in [5.41, 5.74) is 2.42. The Morgan fingerprint density at radius 2 is 2.06 bits per heavy atom. The van der Waals surface area contributed by atoms with Gasteiger partial charge in [0.2, 0.25) is 0 Å². The zero-order chi connectivity index (χ0) is 13.0. The molecule has 0 saturated carbocycles. The molecular weight excluding hydrogens is 290 g/mol. The van der Waals surface area contributed by atoms with Gasteiger partial charge < -0.3 is 5.32 Å². The number of rotatable bonds is 5. The second-order valence-corrected chi connectivity index (χ2v) is 5.15. The predicted octanol–water partition coefficient (Wildman–Crippen LogP) is 3.27. The maximum Gasteiger partial charge on any atom is 0.0759 e. The fraction of sp³-hybridized carbons (Fsp3) is 0.357. The Balaban J connectivity index is 2.37. The molecule has 0 aliphatic heterocycles. The Morgan fingerprint density at radius 1 is 1.33 bits per heavy atom. The number of hydrogen-bond acceptors (Lipinski definition) is 2. The Kier molecular flexibility index (Phi) is 4.55. The summed E-state index contributed by atoms with van der Waals surface area (Å²) in [6.45, 7) is 3.16. The van der Waals surface area contributed by atoms with E-state index in [2.05, 4.69) is 57.5 Å². The first kappa shape index (κ1) is 13.3. The van der Waals surface area contributed by atoms with Gasteiger partial charge in [0.1, 0.15) is 0 Å². The van der Waals surface area contributed by atoms with E-state index < -0.39 is 0 Å². The highest BCUT2D eigenvalue weighted by atomic mass is 79.9. The Morgan fingerprint density at radius 3 is 2.61 bits per heavy atom. The lowest BCUT2D eigenvalue weighted by Crippen LogP contribution is -2.25. The Bertz CT molecular complexity index is 473. The number of hydrogen-bond donors (Lipinski definition) is 1. The van der Waals surface area contributed by atoms with Gasteiger partial charge in [-0.05, 0) is 34.5 Å². The molecule has 1 unspecified atom stereocenters. The highest BCUT2D eigenvalue weighted by Gasteiger charge is 2.19. The second-order valence-electron chi connectivity index (χ2n) is 4.30. The van der Waals surface area contributed by atoms with Gasteiger partial charge in [-0.25, -0.2) is 0 Å². The van der Waals surface area contributed by atoms with Crippen molar-refractivity contribution in [3.05, 3.63) is 52.3 Å². The van der Waals surface area contributed by atoms with E-state index in [0.717, 1.165) is 23.1 Å². The van der Waals surface area contributed by atoms with Gasteiger partial charge in [-0.3, -0.25) is 4.68 Å². The molecule has 0 amide bonds. The molecule has 0 aliphatic rings. The number of benzene rings is 1. The standard InChI is InChI=1S/C14H18BrN3/c1-3-9-16-13(11-7-5-4-6-8-11)14-12(15)10-17-18(14)2/h4-8,10,13,16H,3,9H2,1-2H3. The van der Waals surface area contributed by atoms with Crippen LogP contribution in [0.4, 0.5) is 0 Å². The molecule has 2 rings (SSSR count). The summed E-state index contributed by atoms with van der Waals surface area (Å²) in [6.07, 6.45) is 2.96. The van der Waals surface area contributed by atoms with E-state index in [1.165, 1.54) is 5.56 Å². The smallest absolute Gasteiger partial charge is 0.0759 e. The molecule has 4 heteroatoms. The van der Waals surface area contributed by atoms with Gasteiger partial charge in [0.15, 0.2) is 0 Å².